The Kier molecular flexibility index (Phi) is 6.69. The van der Waals surface area contributed by atoms with Crippen LogP contribution in [0.1, 0.15) is 34.0 Å². The number of rotatable bonds is 4. The minimum atomic E-state index is -1.03. The predicted octanol–water partition coefficient (Wildman–Crippen LogP) is 3.34. The lowest BCUT2D eigenvalue weighted by atomic mass is 10.1. The van der Waals surface area contributed by atoms with Crippen molar-refractivity contribution in [2.45, 2.75) is 19.4 Å². The first-order valence-corrected chi connectivity index (χ1v) is 10.3. The molecule has 1 fully saturated rings. The van der Waals surface area contributed by atoms with E-state index in [-0.39, 0.29) is 5.91 Å². The Morgan fingerprint density at radius 3 is 2.54 bits per heavy atom. The molecule has 1 aliphatic heterocycles. The van der Waals surface area contributed by atoms with Crippen LogP contribution in [0.5, 0.6) is 0 Å². The molecule has 0 radical (unpaired) electrons. The average molecular weight is 395 g/mol. The number of carbonyl (C=O) groups is 1. The lowest BCUT2D eigenvalue weighted by Crippen LogP contribution is -2.48. The molecule has 0 aliphatic carbocycles. The zero-order valence-electron chi connectivity index (χ0n) is 16.4. The summed E-state index contributed by atoms with van der Waals surface area (Å²) in [6.07, 6.45) is 4.32. The molecular weight excluding hydrogens is 368 g/mol. The summed E-state index contributed by atoms with van der Waals surface area (Å²) in [4.78, 5) is 18.5. The van der Waals surface area contributed by atoms with Crippen LogP contribution in [0.3, 0.4) is 0 Å². The van der Waals surface area contributed by atoms with E-state index in [1.807, 2.05) is 35.2 Å². The van der Waals surface area contributed by atoms with Crippen LogP contribution in [0, 0.1) is 11.8 Å². The number of hydrogen-bond donors (Lipinski definition) is 1. The number of nitrogens with zero attached hydrogens (tertiary/aromatic N) is 2. The molecule has 0 bridgehead atoms. The number of benzene rings is 1. The molecule has 1 aromatic heterocycles. The largest absolute Gasteiger partial charge is 0.378 e. The number of thiophene rings is 1. The molecule has 1 amide bonds. The normalized spacial score (nSPS) is 15.5. The van der Waals surface area contributed by atoms with Crippen molar-refractivity contribution >= 4 is 23.3 Å². The van der Waals surface area contributed by atoms with Crippen molar-refractivity contribution in [3.63, 3.8) is 0 Å². The van der Waals surface area contributed by atoms with Gasteiger partial charge in [-0.1, -0.05) is 54.3 Å². The number of piperazine rings is 1. The van der Waals surface area contributed by atoms with Crippen LogP contribution in [0.2, 0.25) is 0 Å². The number of carbonyl (C=O) groups excluding carboxylic acids is 1. The van der Waals surface area contributed by atoms with Gasteiger partial charge in [0.25, 0.3) is 5.91 Å². The second-order valence-corrected chi connectivity index (χ2v) is 8.46. The van der Waals surface area contributed by atoms with Gasteiger partial charge in [0.2, 0.25) is 0 Å². The molecule has 2 heterocycles. The van der Waals surface area contributed by atoms with Gasteiger partial charge in [-0.25, -0.2) is 0 Å². The van der Waals surface area contributed by atoms with E-state index in [9.17, 15) is 9.90 Å². The Bertz CT molecular complexity index is 877. The van der Waals surface area contributed by atoms with E-state index in [2.05, 4.69) is 41.0 Å². The molecule has 0 unspecified atom stereocenters. The molecule has 2 aromatic rings. The molecule has 146 valence electrons. The third kappa shape index (κ3) is 6.07. The summed E-state index contributed by atoms with van der Waals surface area (Å²) in [5.74, 6) is 5.79. The minimum absolute atomic E-state index is 0.0702. The maximum atomic E-state index is 12.7. The second-order valence-electron chi connectivity index (χ2n) is 7.38. The van der Waals surface area contributed by atoms with E-state index in [1.165, 1.54) is 16.9 Å². The minimum Gasteiger partial charge on any atom is -0.378 e. The summed E-state index contributed by atoms with van der Waals surface area (Å²) in [5.41, 5.74) is 0.178. The number of amides is 1. The van der Waals surface area contributed by atoms with Gasteiger partial charge in [0.15, 0.2) is 0 Å². The zero-order chi connectivity index (χ0) is 20.0. The molecule has 1 saturated heterocycles. The molecule has 3 rings (SSSR count). The fourth-order valence-electron chi connectivity index (χ4n) is 2.93. The van der Waals surface area contributed by atoms with Crippen LogP contribution in [0.15, 0.2) is 48.5 Å². The first-order chi connectivity index (χ1) is 13.4. The predicted molar refractivity (Wildman–Crippen MR) is 115 cm³/mol. The van der Waals surface area contributed by atoms with Crippen molar-refractivity contribution in [2.75, 3.05) is 32.7 Å². The maximum Gasteiger partial charge on any atom is 0.264 e. The molecule has 0 atom stereocenters. The van der Waals surface area contributed by atoms with Crippen molar-refractivity contribution in [3.8, 4) is 11.8 Å². The van der Waals surface area contributed by atoms with Crippen molar-refractivity contribution in [2.24, 2.45) is 0 Å². The Balaban J connectivity index is 1.49. The molecular formula is C23H26N2O2S. The second kappa shape index (κ2) is 9.20. The van der Waals surface area contributed by atoms with Gasteiger partial charge >= 0.3 is 0 Å². The van der Waals surface area contributed by atoms with Crippen molar-refractivity contribution < 1.29 is 9.90 Å². The van der Waals surface area contributed by atoms with Crippen molar-refractivity contribution in [3.05, 3.63) is 63.9 Å². The Labute approximate surface area is 171 Å². The topological polar surface area (TPSA) is 43.8 Å². The molecule has 1 aromatic carbocycles. The van der Waals surface area contributed by atoms with Gasteiger partial charge in [0, 0.05) is 32.7 Å². The SMILES string of the molecule is CC(C)(O)C#Cc1ccc(C(=O)N2CCN(C/C=C/c3ccccc3)CC2)s1. The van der Waals surface area contributed by atoms with Gasteiger partial charge < -0.3 is 10.0 Å². The summed E-state index contributed by atoms with van der Waals surface area (Å²) in [5, 5.41) is 9.70. The van der Waals surface area contributed by atoms with E-state index in [0.717, 1.165) is 37.6 Å². The van der Waals surface area contributed by atoms with E-state index < -0.39 is 5.60 Å². The first-order valence-electron chi connectivity index (χ1n) is 9.49. The molecule has 1 aliphatic rings. The van der Waals surface area contributed by atoms with Gasteiger partial charge in [0.1, 0.15) is 5.60 Å². The van der Waals surface area contributed by atoms with E-state index in [1.54, 1.807) is 13.8 Å². The zero-order valence-corrected chi connectivity index (χ0v) is 17.2. The molecule has 28 heavy (non-hydrogen) atoms. The van der Waals surface area contributed by atoms with Crippen LogP contribution in [-0.2, 0) is 0 Å². The Morgan fingerprint density at radius 1 is 1.14 bits per heavy atom. The van der Waals surface area contributed by atoms with E-state index in [4.69, 9.17) is 0 Å². The molecule has 5 heteroatoms. The van der Waals surface area contributed by atoms with Crippen LogP contribution in [-0.4, -0.2) is 59.1 Å². The summed E-state index contributed by atoms with van der Waals surface area (Å²) in [6.45, 7) is 7.42. The van der Waals surface area contributed by atoms with Gasteiger partial charge in [-0.15, -0.1) is 11.3 Å². The molecule has 4 nitrogen and oxygen atoms in total. The molecule has 1 N–H and O–H groups in total. The van der Waals surface area contributed by atoms with Crippen LogP contribution in [0.25, 0.3) is 6.08 Å². The van der Waals surface area contributed by atoms with E-state index in [0.29, 0.717) is 4.88 Å². The van der Waals surface area contributed by atoms with Gasteiger partial charge in [-0.3, -0.25) is 9.69 Å². The summed E-state index contributed by atoms with van der Waals surface area (Å²) < 4.78 is 0. The van der Waals surface area contributed by atoms with Crippen LogP contribution in [0.4, 0.5) is 0 Å². The smallest absolute Gasteiger partial charge is 0.264 e. The first kappa shape index (κ1) is 20.3. The maximum absolute atomic E-state index is 12.7. The summed E-state index contributed by atoms with van der Waals surface area (Å²) in [7, 11) is 0. The Morgan fingerprint density at radius 2 is 1.86 bits per heavy atom. The third-order valence-electron chi connectivity index (χ3n) is 4.44. The summed E-state index contributed by atoms with van der Waals surface area (Å²) in [6, 6.07) is 14.0. The third-order valence-corrected chi connectivity index (χ3v) is 5.43. The van der Waals surface area contributed by atoms with Crippen LogP contribution < -0.4 is 0 Å². The fourth-order valence-corrected chi connectivity index (χ4v) is 3.75. The Hall–Kier alpha value is -2.39. The lowest BCUT2D eigenvalue weighted by Gasteiger charge is -2.33. The highest BCUT2D eigenvalue weighted by Crippen LogP contribution is 2.19. The molecule has 0 saturated carbocycles. The van der Waals surface area contributed by atoms with Crippen molar-refractivity contribution in [1.82, 2.24) is 9.80 Å². The highest BCUT2D eigenvalue weighted by molar-refractivity contribution is 7.14. The van der Waals surface area contributed by atoms with E-state index >= 15 is 0 Å². The standard InChI is InChI=1S/C23H26N2O2S/c1-23(2,27)13-12-20-10-11-21(28-20)22(26)25-17-15-24(16-18-25)14-6-9-19-7-4-3-5-8-19/h3-11,27H,14-18H2,1-2H3/b9-6+. The number of hydrogen-bond acceptors (Lipinski definition) is 4. The number of aliphatic hydroxyl groups is 1. The van der Waals surface area contributed by atoms with Gasteiger partial charge in [0.05, 0.1) is 9.75 Å². The van der Waals surface area contributed by atoms with Gasteiger partial charge in [-0.05, 0) is 31.5 Å². The summed E-state index contributed by atoms with van der Waals surface area (Å²) >= 11 is 1.39. The lowest BCUT2D eigenvalue weighted by molar-refractivity contribution is 0.0655. The van der Waals surface area contributed by atoms with Crippen molar-refractivity contribution in [1.29, 1.82) is 0 Å². The highest BCUT2D eigenvalue weighted by Gasteiger charge is 2.22. The quantitative estimate of drug-likeness (QED) is 0.809. The van der Waals surface area contributed by atoms with Crippen LogP contribution >= 0.6 is 11.3 Å². The van der Waals surface area contributed by atoms with Gasteiger partial charge in [-0.2, -0.15) is 0 Å². The monoisotopic (exact) mass is 394 g/mol. The fraction of sp³-hybridized carbons (Fsp3) is 0.348. The average Bonchev–Trinajstić information content (AvgIpc) is 3.16. The highest BCUT2D eigenvalue weighted by atomic mass is 32.1. The molecule has 0 spiro atoms.